The average molecular weight is 254 g/mol. The van der Waals surface area contributed by atoms with E-state index in [9.17, 15) is 4.79 Å². The van der Waals surface area contributed by atoms with Crippen LogP contribution in [0.5, 0.6) is 0 Å². The van der Waals surface area contributed by atoms with Gasteiger partial charge in [0.25, 0.3) is 0 Å². The Balaban J connectivity index is 1.92. The summed E-state index contributed by atoms with van der Waals surface area (Å²) in [4.78, 5) is 14.3. The van der Waals surface area contributed by atoms with Gasteiger partial charge >= 0.3 is 0 Å². The van der Waals surface area contributed by atoms with E-state index < -0.39 is 0 Å². The summed E-state index contributed by atoms with van der Waals surface area (Å²) in [7, 11) is 0. The van der Waals surface area contributed by atoms with Gasteiger partial charge in [-0.05, 0) is 31.1 Å². The number of nitrogens with two attached hydrogens (primary N) is 1. The Morgan fingerprint density at radius 3 is 2.89 bits per heavy atom. The van der Waals surface area contributed by atoms with Crippen molar-refractivity contribution < 1.29 is 9.53 Å². The van der Waals surface area contributed by atoms with Gasteiger partial charge in [-0.15, -0.1) is 0 Å². The van der Waals surface area contributed by atoms with Crippen molar-refractivity contribution in [3.8, 4) is 0 Å². The molecule has 2 N–H and O–H groups in total. The minimum atomic E-state index is 0.159. The van der Waals surface area contributed by atoms with Crippen LogP contribution in [-0.2, 0) is 9.53 Å². The number of fused-ring (bicyclic) bond motifs is 1. The van der Waals surface area contributed by atoms with E-state index in [0.29, 0.717) is 25.1 Å². The highest BCUT2D eigenvalue weighted by atomic mass is 16.5. The lowest BCUT2D eigenvalue weighted by Gasteiger charge is -2.47. The predicted octanol–water partition coefficient (Wildman–Crippen LogP) is 1.39. The molecule has 0 spiro atoms. The van der Waals surface area contributed by atoms with Crippen molar-refractivity contribution in [2.24, 2.45) is 17.6 Å². The Kier molecular flexibility index (Phi) is 5.01. The van der Waals surface area contributed by atoms with Gasteiger partial charge in [0, 0.05) is 19.1 Å². The third-order valence-electron chi connectivity index (χ3n) is 4.55. The molecular weight excluding hydrogens is 228 g/mol. The van der Waals surface area contributed by atoms with Crippen molar-refractivity contribution >= 4 is 5.91 Å². The van der Waals surface area contributed by atoms with Crippen molar-refractivity contribution in [3.05, 3.63) is 0 Å². The highest BCUT2D eigenvalue weighted by Gasteiger charge is 2.39. The summed E-state index contributed by atoms with van der Waals surface area (Å²) in [5.74, 6) is 1.64. The van der Waals surface area contributed by atoms with Crippen LogP contribution in [0.3, 0.4) is 0 Å². The molecule has 0 radical (unpaired) electrons. The maximum absolute atomic E-state index is 12.2. The molecular formula is C14H26N2O2. The fourth-order valence-electron chi connectivity index (χ4n) is 3.55. The number of ether oxygens (including phenoxy) is 1. The number of carbonyl (C=O) groups excluding carboxylic acids is 1. The average Bonchev–Trinajstić information content (AvgIpc) is 2.39. The fraction of sp³-hybridized carbons (Fsp3) is 0.929. The molecule has 18 heavy (non-hydrogen) atoms. The van der Waals surface area contributed by atoms with Gasteiger partial charge in [-0.25, -0.2) is 0 Å². The number of piperidine rings is 1. The van der Waals surface area contributed by atoms with Crippen molar-refractivity contribution in [3.63, 3.8) is 0 Å². The first kappa shape index (κ1) is 13.8. The molecule has 104 valence electrons. The fourth-order valence-corrected chi connectivity index (χ4v) is 3.55. The van der Waals surface area contributed by atoms with Crippen LogP contribution in [0.1, 0.15) is 39.0 Å². The van der Waals surface area contributed by atoms with E-state index in [0.717, 1.165) is 18.9 Å². The minimum Gasteiger partial charge on any atom is -0.370 e. The third-order valence-corrected chi connectivity index (χ3v) is 4.55. The van der Waals surface area contributed by atoms with Crippen molar-refractivity contribution in [1.29, 1.82) is 0 Å². The SMILES string of the molecule is CC1CCN(C(=O)COCCN)C2CCCCC12. The van der Waals surface area contributed by atoms with E-state index in [2.05, 4.69) is 11.8 Å². The quantitative estimate of drug-likeness (QED) is 0.771. The van der Waals surface area contributed by atoms with Gasteiger partial charge < -0.3 is 15.4 Å². The second-order valence-electron chi connectivity index (χ2n) is 5.71. The number of nitrogens with zero attached hydrogens (tertiary/aromatic N) is 1. The van der Waals surface area contributed by atoms with Crippen LogP contribution in [-0.4, -0.2) is 43.2 Å². The van der Waals surface area contributed by atoms with E-state index >= 15 is 0 Å². The highest BCUT2D eigenvalue weighted by molar-refractivity contribution is 5.78. The molecule has 1 saturated carbocycles. The summed E-state index contributed by atoms with van der Waals surface area (Å²) in [6.07, 6.45) is 6.21. The largest absolute Gasteiger partial charge is 0.370 e. The van der Waals surface area contributed by atoms with Crippen molar-refractivity contribution in [2.75, 3.05) is 26.3 Å². The molecule has 2 fully saturated rings. The molecule has 3 atom stereocenters. The topological polar surface area (TPSA) is 55.6 Å². The van der Waals surface area contributed by atoms with E-state index in [1.807, 2.05) is 0 Å². The molecule has 2 aliphatic rings. The first-order valence-corrected chi connectivity index (χ1v) is 7.31. The molecule has 2 rings (SSSR count). The molecule has 0 aromatic rings. The van der Waals surface area contributed by atoms with Crippen LogP contribution in [0.4, 0.5) is 0 Å². The zero-order chi connectivity index (χ0) is 13.0. The number of hydrogen-bond donors (Lipinski definition) is 1. The van der Waals surface area contributed by atoms with Gasteiger partial charge in [0.15, 0.2) is 0 Å². The van der Waals surface area contributed by atoms with Gasteiger partial charge in [-0.2, -0.15) is 0 Å². The van der Waals surface area contributed by atoms with Crippen LogP contribution >= 0.6 is 0 Å². The molecule has 1 aliphatic heterocycles. The van der Waals surface area contributed by atoms with Gasteiger partial charge in [-0.1, -0.05) is 19.8 Å². The lowest BCUT2D eigenvalue weighted by molar-refractivity contribution is -0.143. The predicted molar refractivity (Wildman–Crippen MR) is 71.1 cm³/mol. The zero-order valence-electron chi connectivity index (χ0n) is 11.4. The Morgan fingerprint density at radius 2 is 2.11 bits per heavy atom. The monoisotopic (exact) mass is 254 g/mol. The van der Waals surface area contributed by atoms with Gasteiger partial charge in [0.2, 0.25) is 5.91 Å². The normalized spacial score (nSPS) is 32.1. The Hall–Kier alpha value is -0.610. The summed E-state index contributed by atoms with van der Waals surface area (Å²) in [5.41, 5.74) is 5.37. The highest BCUT2D eigenvalue weighted by Crippen LogP contribution is 2.38. The molecule has 0 aromatic carbocycles. The number of hydrogen-bond acceptors (Lipinski definition) is 3. The summed E-state index contributed by atoms with van der Waals surface area (Å²) < 4.78 is 5.29. The van der Waals surface area contributed by atoms with Gasteiger partial charge in [0.05, 0.1) is 6.61 Å². The lowest BCUT2D eigenvalue weighted by Crippen LogP contribution is -2.53. The van der Waals surface area contributed by atoms with Crippen LogP contribution in [0.25, 0.3) is 0 Å². The molecule has 1 aliphatic carbocycles. The van der Waals surface area contributed by atoms with Crippen molar-refractivity contribution in [2.45, 2.75) is 45.1 Å². The lowest BCUT2D eigenvalue weighted by atomic mass is 9.72. The zero-order valence-corrected chi connectivity index (χ0v) is 11.4. The van der Waals surface area contributed by atoms with Gasteiger partial charge in [0.1, 0.15) is 6.61 Å². The summed E-state index contributed by atoms with van der Waals surface area (Å²) in [6, 6.07) is 0.469. The second kappa shape index (κ2) is 6.53. The molecule has 0 bridgehead atoms. The minimum absolute atomic E-state index is 0.159. The standard InChI is InChI=1S/C14H26N2O2/c1-11-6-8-16(14(17)10-18-9-7-15)13-5-3-2-4-12(11)13/h11-13H,2-10,15H2,1H3. The molecule has 3 unspecified atom stereocenters. The third kappa shape index (κ3) is 3.04. The number of amides is 1. The van der Waals surface area contributed by atoms with E-state index in [1.165, 1.54) is 25.7 Å². The van der Waals surface area contributed by atoms with E-state index in [4.69, 9.17) is 10.5 Å². The number of likely N-dealkylation sites (tertiary alicyclic amines) is 1. The van der Waals surface area contributed by atoms with Crippen LogP contribution in [0.15, 0.2) is 0 Å². The first-order chi connectivity index (χ1) is 8.74. The molecule has 1 heterocycles. The molecule has 4 heteroatoms. The van der Waals surface area contributed by atoms with Crippen LogP contribution < -0.4 is 5.73 Å². The molecule has 1 saturated heterocycles. The maximum Gasteiger partial charge on any atom is 0.248 e. The van der Waals surface area contributed by atoms with Crippen LogP contribution in [0.2, 0.25) is 0 Å². The second-order valence-corrected chi connectivity index (χ2v) is 5.71. The Morgan fingerprint density at radius 1 is 1.33 bits per heavy atom. The molecule has 0 aromatic heterocycles. The summed E-state index contributed by atoms with van der Waals surface area (Å²) in [6.45, 7) is 4.41. The number of rotatable bonds is 4. The van der Waals surface area contributed by atoms with Crippen LogP contribution in [0, 0.1) is 11.8 Å². The van der Waals surface area contributed by atoms with E-state index in [-0.39, 0.29) is 12.5 Å². The van der Waals surface area contributed by atoms with Crippen molar-refractivity contribution in [1.82, 2.24) is 4.90 Å². The summed E-state index contributed by atoms with van der Waals surface area (Å²) in [5, 5.41) is 0. The first-order valence-electron chi connectivity index (χ1n) is 7.31. The summed E-state index contributed by atoms with van der Waals surface area (Å²) >= 11 is 0. The Bertz CT molecular complexity index is 283. The number of carbonyl (C=O) groups is 1. The molecule has 1 amide bonds. The maximum atomic E-state index is 12.2. The smallest absolute Gasteiger partial charge is 0.248 e. The van der Waals surface area contributed by atoms with Gasteiger partial charge in [-0.3, -0.25) is 4.79 Å². The Labute approximate surface area is 110 Å². The molecule has 4 nitrogen and oxygen atoms in total. The van der Waals surface area contributed by atoms with E-state index in [1.54, 1.807) is 0 Å².